The number of nitrogens with one attached hydrogen (secondary N) is 1. The summed E-state index contributed by atoms with van der Waals surface area (Å²) in [5.74, 6) is 0.350. The second kappa shape index (κ2) is 11.1. The third-order valence-electron chi connectivity index (χ3n) is 5.47. The number of methoxy groups -OCH3 is 1. The van der Waals surface area contributed by atoms with E-state index in [1.54, 1.807) is 44.2 Å². The fourth-order valence-corrected chi connectivity index (χ4v) is 6.62. The van der Waals surface area contributed by atoms with Gasteiger partial charge in [0.1, 0.15) is 5.75 Å². The summed E-state index contributed by atoms with van der Waals surface area (Å²) in [7, 11) is -2.55. The zero-order valence-corrected chi connectivity index (χ0v) is 22.7. The highest BCUT2D eigenvalue weighted by molar-refractivity contribution is 8.15. The van der Waals surface area contributed by atoms with Crippen molar-refractivity contribution in [3.05, 3.63) is 60.2 Å². The number of anilines is 1. The fourth-order valence-electron chi connectivity index (χ4n) is 3.62. The molecule has 0 saturated carbocycles. The molecule has 1 atom stereocenters. The first-order valence-corrected chi connectivity index (χ1v) is 13.8. The Morgan fingerprint density at radius 3 is 2.08 bits per heavy atom. The van der Waals surface area contributed by atoms with Gasteiger partial charge in [0.15, 0.2) is 10.4 Å². The van der Waals surface area contributed by atoms with Gasteiger partial charge >= 0.3 is 19.8 Å². The zero-order valence-electron chi connectivity index (χ0n) is 21.0. The van der Waals surface area contributed by atoms with Crippen LogP contribution in [0.25, 0.3) is 0 Å². The summed E-state index contributed by atoms with van der Waals surface area (Å²) in [6.07, 6.45) is -4.95. The summed E-state index contributed by atoms with van der Waals surface area (Å²) in [4.78, 5) is 16.0. The number of nitrogens with zero attached hydrogens (tertiary/aromatic N) is 2. The number of hydrogen-bond donors (Lipinski definition) is 1. The van der Waals surface area contributed by atoms with Gasteiger partial charge in [0, 0.05) is 0 Å². The first kappa shape index (κ1) is 29.0. The molecule has 2 amide bonds. The molecule has 8 nitrogen and oxygen atoms in total. The molecule has 202 valence electrons. The van der Waals surface area contributed by atoms with Gasteiger partial charge in [-0.05, 0) is 69.3 Å². The molecule has 1 N–H and O–H groups in total. The fraction of sp³-hybridized carbons (Fsp3) is 0.417. The molecule has 0 aromatic heterocycles. The van der Waals surface area contributed by atoms with E-state index < -0.39 is 30.0 Å². The molecule has 1 aliphatic rings. The second-order valence-electron chi connectivity index (χ2n) is 8.33. The number of urea groups is 1. The number of carbonyl (C=O) groups excluding carboxylic acids is 1. The number of thioether (sulfide) groups is 1. The number of ether oxygens (including phenoxy) is 1. The summed E-state index contributed by atoms with van der Waals surface area (Å²) in [6.45, 7) is 6.16. The third kappa shape index (κ3) is 5.67. The molecule has 1 saturated heterocycles. The molecule has 0 aliphatic carbocycles. The Morgan fingerprint density at radius 2 is 1.59 bits per heavy atom. The van der Waals surface area contributed by atoms with Gasteiger partial charge in [0.25, 0.3) is 0 Å². The van der Waals surface area contributed by atoms with Gasteiger partial charge in [0.2, 0.25) is 4.87 Å². The molecule has 1 aliphatic heterocycles. The quantitative estimate of drug-likeness (QED) is 0.343. The Labute approximate surface area is 218 Å². The standard InChI is InChI=1S/C24H29F3N3O5PS/c1-6-34-36(32,35-7-2)22(3,4)29-21-30(18-11-9-8-10-12-18)20(31)28-23(37-21,24(25,26)27)17-13-15-19(33-5)16-14-17/h8-16H,6-7H2,1-5H3,(H,28,31)/t23-/m0/s1. The second-order valence-corrected chi connectivity index (χ2v) is 12.1. The molecular weight excluding hydrogens is 530 g/mol. The van der Waals surface area contributed by atoms with Crippen LogP contribution < -0.4 is 15.0 Å². The largest absolute Gasteiger partial charge is 0.497 e. The predicted molar refractivity (Wildman–Crippen MR) is 138 cm³/mol. The van der Waals surface area contributed by atoms with E-state index in [0.717, 1.165) is 4.90 Å². The van der Waals surface area contributed by atoms with E-state index in [2.05, 4.69) is 10.3 Å². The molecule has 0 radical (unpaired) electrons. The van der Waals surface area contributed by atoms with E-state index in [4.69, 9.17) is 13.8 Å². The molecule has 0 unspecified atom stereocenters. The summed E-state index contributed by atoms with van der Waals surface area (Å²) in [5, 5.41) is 0.187. The maximum Gasteiger partial charge on any atom is 0.425 e. The number of benzene rings is 2. The van der Waals surface area contributed by atoms with Crippen molar-refractivity contribution in [2.45, 2.75) is 44.0 Å². The number of hydrogen-bond acceptors (Lipinski definition) is 7. The SMILES string of the molecule is CCOP(=O)(OCC)C(C)(C)N=C1S[C@@](c2ccc(OC)cc2)(C(F)(F)F)NC(=O)N1c1ccccc1. The first-order valence-electron chi connectivity index (χ1n) is 11.4. The van der Waals surface area contributed by atoms with Crippen LogP contribution >= 0.6 is 19.4 Å². The van der Waals surface area contributed by atoms with Crippen LogP contribution in [0, 0.1) is 0 Å². The van der Waals surface area contributed by atoms with Gasteiger partial charge in [-0.3, -0.25) is 4.57 Å². The van der Waals surface area contributed by atoms with Gasteiger partial charge in [-0.25, -0.2) is 14.7 Å². The Morgan fingerprint density at radius 1 is 1.03 bits per heavy atom. The van der Waals surface area contributed by atoms with E-state index in [-0.39, 0.29) is 41.4 Å². The maximum atomic E-state index is 14.8. The van der Waals surface area contributed by atoms with Crippen molar-refractivity contribution in [2.75, 3.05) is 25.2 Å². The highest BCUT2D eigenvalue weighted by atomic mass is 32.2. The van der Waals surface area contributed by atoms with Crippen molar-refractivity contribution >= 4 is 36.2 Å². The van der Waals surface area contributed by atoms with Gasteiger partial charge in [-0.15, -0.1) is 0 Å². The van der Waals surface area contributed by atoms with E-state index in [1.165, 1.54) is 45.2 Å². The molecular formula is C24H29F3N3O5PS. The Balaban J connectivity index is 2.25. The van der Waals surface area contributed by atoms with Gasteiger partial charge < -0.3 is 19.1 Å². The number of rotatable bonds is 9. The number of para-hydroxylation sites is 1. The van der Waals surface area contributed by atoms with Crippen molar-refractivity contribution in [1.82, 2.24) is 5.32 Å². The number of halogens is 3. The summed E-state index contributed by atoms with van der Waals surface area (Å²) >= 11 is 0.284. The van der Waals surface area contributed by atoms with Crippen LogP contribution in [-0.4, -0.2) is 43.0 Å². The lowest BCUT2D eigenvalue weighted by Crippen LogP contribution is -2.63. The summed E-state index contributed by atoms with van der Waals surface area (Å²) < 4.78 is 74.0. The minimum Gasteiger partial charge on any atom is -0.497 e. The van der Waals surface area contributed by atoms with Crippen LogP contribution in [0.5, 0.6) is 5.75 Å². The molecule has 0 spiro atoms. The average molecular weight is 560 g/mol. The van der Waals surface area contributed by atoms with Crippen molar-refractivity contribution in [3.63, 3.8) is 0 Å². The monoisotopic (exact) mass is 559 g/mol. The molecule has 1 heterocycles. The minimum atomic E-state index is -4.95. The van der Waals surface area contributed by atoms with Gasteiger partial charge in [0.05, 0.1) is 26.0 Å². The summed E-state index contributed by atoms with van der Waals surface area (Å²) in [5.41, 5.74) is 0.0328. The number of amides is 2. The van der Waals surface area contributed by atoms with E-state index in [1.807, 2.05) is 0 Å². The van der Waals surface area contributed by atoms with Crippen LogP contribution in [-0.2, 0) is 18.5 Å². The van der Waals surface area contributed by atoms with Crippen molar-refractivity contribution in [3.8, 4) is 5.75 Å². The lowest BCUT2D eigenvalue weighted by Gasteiger charge is -2.44. The van der Waals surface area contributed by atoms with Crippen LogP contribution in [0.4, 0.5) is 23.7 Å². The molecule has 37 heavy (non-hydrogen) atoms. The number of amidine groups is 1. The van der Waals surface area contributed by atoms with Crippen molar-refractivity contribution in [1.29, 1.82) is 0 Å². The van der Waals surface area contributed by atoms with Gasteiger partial charge in [-0.1, -0.05) is 30.3 Å². The van der Waals surface area contributed by atoms with E-state index >= 15 is 0 Å². The minimum absolute atomic E-state index is 0.0277. The Kier molecular flexibility index (Phi) is 8.68. The first-order chi connectivity index (χ1) is 17.3. The molecule has 13 heteroatoms. The number of alkyl halides is 3. The van der Waals surface area contributed by atoms with Crippen LogP contribution in [0.1, 0.15) is 33.3 Å². The molecule has 3 rings (SSSR count). The van der Waals surface area contributed by atoms with Crippen LogP contribution in [0.15, 0.2) is 59.6 Å². The highest BCUT2D eigenvalue weighted by Gasteiger charge is 2.62. The molecule has 1 fully saturated rings. The lowest BCUT2D eigenvalue weighted by atomic mass is 10.1. The van der Waals surface area contributed by atoms with Crippen molar-refractivity contribution < 1.29 is 36.3 Å². The smallest absolute Gasteiger partial charge is 0.425 e. The van der Waals surface area contributed by atoms with E-state index in [0.29, 0.717) is 5.75 Å². The Bertz CT molecular complexity index is 1170. The highest BCUT2D eigenvalue weighted by Crippen LogP contribution is 2.61. The van der Waals surface area contributed by atoms with Crippen LogP contribution in [0.3, 0.4) is 0 Å². The predicted octanol–water partition coefficient (Wildman–Crippen LogP) is 6.73. The number of carbonyl (C=O) groups is 1. The van der Waals surface area contributed by atoms with Crippen molar-refractivity contribution in [2.24, 2.45) is 4.99 Å². The van der Waals surface area contributed by atoms with Gasteiger partial charge in [-0.2, -0.15) is 13.2 Å². The third-order valence-corrected chi connectivity index (χ3v) is 9.44. The normalized spacial score (nSPS) is 20.2. The van der Waals surface area contributed by atoms with Crippen LogP contribution in [0.2, 0.25) is 0 Å². The molecule has 2 aromatic rings. The molecule has 0 bridgehead atoms. The summed E-state index contributed by atoms with van der Waals surface area (Å²) in [6, 6.07) is 12.2. The zero-order chi connectivity index (χ0) is 27.5. The topological polar surface area (TPSA) is 89.5 Å². The lowest BCUT2D eigenvalue weighted by molar-refractivity contribution is -0.167. The molecule has 2 aromatic carbocycles. The van der Waals surface area contributed by atoms with E-state index in [9.17, 15) is 22.5 Å². The average Bonchev–Trinajstić information content (AvgIpc) is 2.83. The number of aliphatic imine (C=N–C) groups is 1. The Hall–Kier alpha value is -2.53. The maximum absolute atomic E-state index is 14.8.